The number of nitrogens with zero attached hydrogens (tertiary/aromatic N) is 1. The van der Waals surface area contributed by atoms with Crippen molar-refractivity contribution in [2.75, 3.05) is 18.8 Å². The van der Waals surface area contributed by atoms with Crippen LogP contribution in [0.1, 0.15) is 68.8 Å². The Morgan fingerprint density at radius 1 is 1.05 bits per heavy atom. The Morgan fingerprint density at radius 3 is 2.45 bits per heavy atom. The molecule has 5 atom stereocenters. The van der Waals surface area contributed by atoms with Crippen molar-refractivity contribution in [3.63, 3.8) is 0 Å². The number of hydrogen-bond donors (Lipinski definition) is 4. The van der Waals surface area contributed by atoms with Crippen LogP contribution < -0.4 is 10.6 Å². The molecule has 0 radical (unpaired) electrons. The number of carbonyl (C=O) groups excluding carboxylic acids is 2. The van der Waals surface area contributed by atoms with Crippen LogP contribution in [0.15, 0.2) is 53.4 Å². The van der Waals surface area contributed by atoms with Gasteiger partial charge in [0.1, 0.15) is 5.75 Å². The van der Waals surface area contributed by atoms with E-state index in [2.05, 4.69) is 15.5 Å². The fraction of sp³-hybridized carbons (Fsp3) is 0.562. The highest BCUT2D eigenvalue weighted by Crippen LogP contribution is 2.39. The number of phenolic OH excluding ortho intramolecular Hbond substituents is 1. The number of benzene rings is 2. The number of thioether (sulfide) groups is 1. The van der Waals surface area contributed by atoms with Crippen LogP contribution in [0, 0.1) is 18.8 Å². The van der Waals surface area contributed by atoms with E-state index in [0.29, 0.717) is 35.3 Å². The molecule has 2 amide bonds. The van der Waals surface area contributed by atoms with Gasteiger partial charge in [0.2, 0.25) is 5.91 Å². The van der Waals surface area contributed by atoms with Crippen molar-refractivity contribution in [3.8, 4) is 5.75 Å². The van der Waals surface area contributed by atoms with Gasteiger partial charge in [0, 0.05) is 40.4 Å². The Bertz CT molecular complexity index is 1150. The standard InChI is InChI=1S/C32H45N3O4S/c1-21-25(15-10-16-28(21)36)30(38)33-26(20-40-24-13-6-5-7-14-24)29(37)19-35-18-23-12-9-8-11-22(23)17-27(35)31(39)34-32(2,3)4/h5-7,10,13-16,22-23,26-27,29,36-37H,8-9,11-12,17-20H2,1-4H3,(H,33,38)(H,34,39)/t22?,23?,26?,27-,29?/m0/s1. The largest absolute Gasteiger partial charge is 0.508 e. The molecule has 0 spiro atoms. The van der Waals surface area contributed by atoms with Crippen LogP contribution in [-0.4, -0.2) is 69.5 Å². The van der Waals surface area contributed by atoms with Gasteiger partial charge < -0.3 is 20.8 Å². The van der Waals surface area contributed by atoms with E-state index in [-0.39, 0.29) is 29.1 Å². The Kier molecular flexibility index (Phi) is 10.2. The van der Waals surface area contributed by atoms with Crippen LogP contribution in [0.25, 0.3) is 0 Å². The van der Waals surface area contributed by atoms with Crippen LogP contribution in [0.2, 0.25) is 0 Å². The van der Waals surface area contributed by atoms with Gasteiger partial charge in [-0.15, -0.1) is 11.8 Å². The molecule has 4 unspecified atom stereocenters. The lowest BCUT2D eigenvalue weighted by atomic mass is 9.72. The van der Waals surface area contributed by atoms with E-state index in [1.54, 1.807) is 36.9 Å². The van der Waals surface area contributed by atoms with Crippen molar-refractivity contribution in [2.24, 2.45) is 11.8 Å². The average molecular weight is 568 g/mol. The van der Waals surface area contributed by atoms with Crippen molar-refractivity contribution < 1.29 is 19.8 Å². The third kappa shape index (κ3) is 8.02. The molecule has 0 aromatic heterocycles. The highest BCUT2D eigenvalue weighted by Gasteiger charge is 2.41. The minimum Gasteiger partial charge on any atom is -0.508 e. The van der Waals surface area contributed by atoms with Gasteiger partial charge in [-0.1, -0.05) is 43.5 Å². The number of hydrogen-bond acceptors (Lipinski definition) is 6. The molecule has 4 N–H and O–H groups in total. The van der Waals surface area contributed by atoms with E-state index in [1.807, 2.05) is 51.1 Å². The third-order valence-corrected chi connectivity index (χ3v) is 9.36. The molecule has 4 rings (SSSR count). The summed E-state index contributed by atoms with van der Waals surface area (Å²) in [6.45, 7) is 8.76. The fourth-order valence-corrected chi connectivity index (χ4v) is 7.09. The molecule has 1 heterocycles. The van der Waals surface area contributed by atoms with Gasteiger partial charge in [-0.2, -0.15) is 0 Å². The summed E-state index contributed by atoms with van der Waals surface area (Å²) in [4.78, 5) is 30.0. The molecule has 2 fully saturated rings. The fourth-order valence-electron chi connectivity index (χ4n) is 6.06. The molecule has 2 aromatic rings. The van der Waals surface area contributed by atoms with Crippen molar-refractivity contribution >= 4 is 23.6 Å². The highest BCUT2D eigenvalue weighted by molar-refractivity contribution is 7.99. The first-order valence-corrected chi connectivity index (χ1v) is 15.5. The lowest BCUT2D eigenvalue weighted by Gasteiger charge is -2.47. The second-order valence-electron chi connectivity index (χ2n) is 12.5. The summed E-state index contributed by atoms with van der Waals surface area (Å²) in [6, 6.07) is 13.9. The van der Waals surface area contributed by atoms with E-state index in [4.69, 9.17) is 0 Å². The molecular weight excluding hydrogens is 522 g/mol. The molecule has 2 aromatic carbocycles. The Morgan fingerprint density at radius 2 is 1.75 bits per heavy atom. The van der Waals surface area contributed by atoms with Gasteiger partial charge in [-0.25, -0.2) is 0 Å². The summed E-state index contributed by atoms with van der Waals surface area (Å²) in [7, 11) is 0. The number of β-amino-alcohol motifs (C(OH)–C–C–N with tert-alkyl or cyclic N) is 1. The molecule has 1 aliphatic heterocycles. The van der Waals surface area contributed by atoms with Gasteiger partial charge in [0.05, 0.1) is 18.2 Å². The Balaban J connectivity index is 1.54. The monoisotopic (exact) mass is 567 g/mol. The first-order chi connectivity index (χ1) is 19.0. The van der Waals surface area contributed by atoms with Crippen LogP contribution >= 0.6 is 11.8 Å². The van der Waals surface area contributed by atoms with Crippen LogP contribution in [0.4, 0.5) is 0 Å². The maximum atomic E-state index is 13.5. The molecule has 218 valence electrons. The van der Waals surface area contributed by atoms with E-state index >= 15 is 0 Å². The van der Waals surface area contributed by atoms with E-state index < -0.39 is 12.1 Å². The minimum atomic E-state index is -0.886. The number of fused-ring (bicyclic) bond motifs is 1. The highest BCUT2D eigenvalue weighted by atomic mass is 32.2. The topological polar surface area (TPSA) is 102 Å². The van der Waals surface area contributed by atoms with Crippen LogP contribution in [-0.2, 0) is 4.79 Å². The number of phenols is 1. The minimum absolute atomic E-state index is 0.0124. The molecule has 1 saturated carbocycles. The van der Waals surface area contributed by atoms with E-state index in [0.717, 1.165) is 30.7 Å². The number of rotatable bonds is 9. The van der Waals surface area contributed by atoms with E-state index in [1.165, 1.54) is 12.8 Å². The molecular formula is C32H45N3O4S. The number of amides is 2. The zero-order valence-electron chi connectivity index (χ0n) is 24.2. The number of piperidine rings is 1. The van der Waals surface area contributed by atoms with Crippen LogP contribution in [0.5, 0.6) is 5.75 Å². The predicted molar refractivity (Wildman–Crippen MR) is 161 cm³/mol. The van der Waals surface area contributed by atoms with Gasteiger partial charge in [-0.05, 0) is 76.6 Å². The first-order valence-electron chi connectivity index (χ1n) is 14.5. The van der Waals surface area contributed by atoms with Crippen molar-refractivity contribution in [1.29, 1.82) is 0 Å². The number of aliphatic hydroxyl groups excluding tert-OH is 1. The first kappa shape index (κ1) is 30.4. The van der Waals surface area contributed by atoms with Gasteiger partial charge in [0.25, 0.3) is 5.91 Å². The van der Waals surface area contributed by atoms with Crippen LogP contribution in [0.3, 0.4) is 0 Å². The molecule has 2 aliphatic rings. The maximum Gasteiger partial charge on any atom is 0.252 e. The Labute approximate surface area is 243 Å². The third-order valence-electron chi connectivity index (χ3n) is 8.23. The zero-order chi connectivity index (χ0) is 28.9. The summed E-state index contributed by atoms with van der Waals surface area (Å²) in [5, 5.41) is 28.0. The van der Waals surface area contributed by atoms with Crippen molar-refractivity contribution in [3.05, 3.63) is 59.7 Å². The summed E-state index contributed by atoms with van der Waals surface area (Å²) < 4.78 is 0. The Hall–Kier alpha value is -2.55. The number of carbonyl (C=O) groups is 2. The molecule has 0 bridgehead atoms. The van der Waals surface area contributed by atoms with Crippen molar-refractivity contribution in [1.82, 2.24) is 15.5 Å². The second kappa shape index (κ2) is 13.4. The summed E-state index contributed by atoms with van der Waals surface area (Å²) >= 11 is 1.57. The van der Waals surface area contributed by atoms with E-state index in [9.17, 15) is 19.8 Å². The zero-order valence-corrected chi connectivity index (χ0v) is 25.0. The number of aromatic hydroxyl groups is 1. The molecule has 1 saturated heterocycles. The summed E-state index contributed by atoms with van der Waals surface area (Å²) in [5.74, 6) is 1.27. The SMILES string of the molecule is Cc1c(O)cccc1C(=O)NC(CSc1ccccc1)C(O)CN1CC2CCCCC2C[C@H]1C(=O)NC(C)(C)C. The quantitative estimate of drug-likeness (QED) is 0.327. The van der Waals surface area contributed by atoms with Gasteiger partial charge in [0.15, 0.2) is 0 Å². The summed E-state index contributed by atoms with van der Waals surface area (Å²) in [5.41, 5.74) is 0.543. The molecule has 40 heavy (non-hydrogen) atoms. The van der Waals surface area contributed by atoms with Gasteiger partial charge in [-0.3, -0.25) is 14.5 Å². The average Bonchev–Trinajstić information content (AvgIpc) is 2.91. The smallest absolute Gasteiger partial charge is 0.252 e. The lowest BCUT2D eigenvalue weighted by Crippen LogP contribution is -2.60. The normalized spacial score (nSPS) is 23.1. The summed E-state index contributed by atoms with van der Waals surface area (Å²) in [6.07, 6.45) is 4.67. The maximum absolute atomic E-state index is 13.5. The van der Waals surface area contributed by atoms with Gasteiger partial charge >= 0.3 is 0 Å². The van der Waals surface area contributed by atoms with Crippen molar-refractivity contribution in [2.45, 2.75) is 88.4 Å². The molecule has 7 nitrogen and oxygen atoms in total. The second-order valence-corrected chi connectivity index (χ2v) is 13.6. The molecule has 8 heteroatoms. The number of likely N-dealkylation sites (tertiary alicyclic amines) is 1. The number of nitrogens with one attached hydrogen (secondary N) is 2. The lowest BCUT2D eigenvalue weighted by molar-refractivity contribution is -0.132. The molecule has 1 aliphatic carbocycles. The number of aliphatic hydroxyl groups is 1. The predicted octanol–water partition coefficient (Wildman–Crippen LogP) is 4.75.